The Morgan fingerprint density at radius 3 is 2.62 bits per heavy atom. The largest absolute Gasteiger partial charge is 0.445 e. The second kappa shape index (κ2) is 8.57. The monoisotopic (exact) mass is 395 g/mol. The maximum Gasteiger partial charge on any atom is 0.407 e. The van der Waals surface area contributed by atoms with Crippen molar-refractivity contribution >= 4 is 12.0 Å². The number of benzene rings is 1. The Balaban J connectivity index is 1.34. The minimum absolute atomic E-state index is 0.101. The number of piperidine rings is 1. The molecule has 8 heteroatoms. The maximum absolute atomic E-state index is 13.0. The summed E-state index contributed by atoms with van der Waals surface area (Å²) in [6.07, 6.45) is 5.16. The molecule has 1 aliphatic heterocycles. The van der Waals surface area contributed by atoms with Crippen LogP contribution in [0.3, 0.4) is 0 Å². The van der Waals surface area contributed by atoms with Gasteiger partial charge in [0.1, 0.15) is 6.61 Å². The third-order valence-electron chi connectivity index (χ3n) is 5.44. The number of ether oxygens (including phenoxy) is 1. The molecule has 29 heavy (non-hydrogen) atoms. The van der Waals surface area contributed by atoms with Crippen LogP contribution < -0.4 is 16.0 Å². The van der Waals surface area contributed by atoms with Crippen molar-refractivity contribution in [3.05, 3.63) is 60.2 Å². The van der Waals surface area contributed by atoms with Gasteiger partial charge >= 0.3 is 6.09 Å². The van der Waals surface area contributed by atoms with Gasteiger partial charge < -0.3 is 20.7 Å². The molecule has 2 atom stereocenters. The topological polar surface area (TPSA) is 105 Å². The molecule has 2 aromatic rings. The molecule has 2 heterocycles. The van der Waals surface area contributed by atoms with Crippen LogP contribution >= 0.6 is 0 Å². The highest BCUT2D eigenvalue weighted by Crippen LogP contribution is 2.43. The molecule has 0 bridgehead atoms. The summed E-state index contributed by atoms with van der Waals surface area (Å²) < 4.78 is 5.32. The summed E-state index contributed by atoms with van der Waals surface area (Å²) in [6, 6.07) is 11.0. The Hall–Kier alpha value is -3.00. The van der Waals surface area contributed by atoms with E-state index in [0.29, 0.717) is 18.8 Å². The molecule has 0 unspecified atom stereocenters. The van der Waals surface area contributed by atoms with Crippen LogP contribution in [0.5, 0.6) is 0 Å². The average Bonchev–Trinajstić information content (AvgIpc) is 3.54. The number of nitrogens with zero attached hydrogens (tertiary/aromatic N) is 2. The van der Waals surface area contributed by atoms with E-state index in [9.17, 15) is 9.59 Å². The van der Waals surface area contributed by atoms with Crippen molar-refractivity contribution in [2.24, 2.45) is 5.92 Å². The van der Waals surface area contributed by atoms with Crippen LogP contribution in [0.1, 0.15) is 30.7 Å². The minimum atomic E-state index is -0.508. The molecule has 1 aliphatic carbocycles. The predicted molar refractivity (Wildman–Crippen MR) is 106 cm³/mol. The van der Waals surface area contributed by atoms with Gasteiger partial charge in [-0.1, -0.05) is 30.3 Å². The van der Waals surface area contributed by atoms with Crippen molar-refractivity contribution < 1.29 is 14.3 Å². The molecule has 2 amide bonds. The van der Waals surface area contributed by atoms with Gasteiger partial charge in [-0.05, 0) is 37.4 Å². The first kappa shape index (κ1) is 19.3. The van der Waals surface area contributed by atoms with Crippen LogP contribution in [0.4, 0.5) is 4.79 Å². The number of carbonyl (C=O) groups excluding carboxylic acids is 2. The molecule has 1 saturated heterocycles. The van der Waals surface area contributed by atoms with Gasteiger partial charge in [0.15, 0.2) is 5.82 Å². The molecule has 8 nitrogen and oxygen atoms in total. The van der Waals surface area contributed by atoms with E-state index in [0.717, 1.165) is 24.9 Å². The molecule has 2 fully saturated rings. The van der Waals surface area contributed by atoms with Crippen LogP contribution in [0, 0.1) is 5.92 Å². The zero-order chi connectivity index (χ0) is 20.1. The SMILES string of the molecule is O=C(N[C@@H]1CCNC[C@H]1C(=O)NC1(c2ncccn2)CC1)OCc1ccccc1. The first-order valence-corrected chi connectivity index (χ1v) is 9.94. The van der Waals surface area contributed by atoms with Gasteiger partial charge in [0.2, 0.25) is 5.91 Å². The number of amides is 2. The van der Waals surface area contributed by atoms with E-state index < -0.39 is 11.6 Å². The van der Waals surface area contributed by atoms with Gasteiger partial charge in [-0.15, -0.1) is 0 Å². The third-order valence-corrected chi connectivity index (χ3v) is 5.44. The number of rotatable bonds is 6. The number of aromatic nitrogens is 2. The summed E-state index contributed by atoms with van der Waals surface area (Å²) in [5.41, 5.74) is 0.439. The van der Waals surface area contributed by atoms with Gasteiger partial charge in [-0.25, -0.2) is 14.8 Å². The lowest BCUT2D eigenvalue weighted by atomic mass is 9.92. The Morgan fingerprint density at radius 1 is 1.14 bits per heavy atom. The van der Waals surface area contributed by atoms with Crippen molar-refractivity contribution in [1.82, 2.24) is 25.9 Å². The summed E-state index contributed by atoms with van der Waals surface area (Å²) in [5.74, 6) is 0.161. The van der Waals surface area contributed by atoms with Gasteiger partial charge in [0.25, 0.3) is 0 Å². The fourth-order valence-electron chi connectivity index (χ4n) is 3.63. The van der Waals surface area contributed by atoms with Gasteiger partial charge in [-0.3, -0.25) is 4.79 Å². The number of carbonyl (C=O) groups is 2. The number of nitrogens with one attached hydrogen (secondary N) is 3. The van der Waals surface area contributed by atoms with E-state index in [1.54, 1.807) is 18.5 Å². The lowest BCUT2D eigenvalue weighted by Gasteiger charge is -2.32. The van der Waals surface area contributed by atoms with Crippen molar-refractivity contribution in [1.29, 1.82) is 0 Å². The number of hydrogen-bond donors (Lipinski definition) is 3. The first-order valence-electron chi connectivity index (χ1n) is 9.94. The van der Waals surface area contributed by atoms with E-state index >= 15 is 0 Å². The summed E-state index contributed by atoms with van der Waals surface area (Å²) in [4.78, 5) is 33.9. The fourth-order valence-corrected chi connectivity index (χ4v) is 3.63. The summed E-state index contributed by atoms with van der Waals surface area (Å²) in [5, 5.41) is 9.23. The molecule has 3 N–H and O–H groups in total. The summed E-state index contributed by atoms with van der Waals surface area (Å²) in [7, 11) is 0. The Kier molecular flexibility index (Phi) is 5.71. The lowest BCUT2D eigenvalue weighted by molar-refractivity contribution is -0.127. The number of alkyl carbamates (subject to hydrolysis) is 1. The van der Waals surface area contributed by atoms with Crippen molar-refractivity contribution in [3.8, 4) is 0 Å². The Labute approximate surface area is 169 Å². The van der Waals surface area contributed by atoms with Crippen molar-refractivity contribution in [3.63, 3.8) is 0 Å². The van der Waals surface area contributed by atoms with Crippen molar-refractivity contribution in [2.75, 3.05) is 13.1 Å². The molecule has 0 spiro atoms. The van der Waals surface area contributed by atoms with Crippen LogP contribution in [0.2, 0.25) is 0 Å². The Morgan fingerprint density at radius 2 is 1.90 bits per heavy atom. The van der Waals surface area contributed by atoms with E-state index in [1.807, 2.05) is 30.3 Å². The maximum atomic E-state index is 13.0. The van der Waals surface area contributed by atoms with Crippen LogP contribution in [-0.2, 0) is 21.7 Å². The second-order valence-corrected chi connectivity index (χ2v) is 7.56. The standard InChI is InChI=1S/C21H25N5O3/c27-18(26-21(8-9-21)19-23-10-4-11-24-19)16-13-22-12-7-17(16)25-20(28)29-14-15-5-2-1-3-6-15/h1-6,10-11,16-17,22H,7-9,12-14H2,(H,25,28)(H,26,27)/t16-,17-/m1/s1. The highest BCUT2D eigenvalue weighted by Gasteiger charge is 2.49. The second-order valence-electron chi connectivity index (χ2n) is 7.56. The Bertz CT molecular complexity index is 842. The molecular formula is C21H25N5O3. The summed E-state index contributed by atoms with van der Waals surface area (Å²) >= 11 is 0. The van der Waals surface area contributed by atoms with Gasteiger partial charge in [0.05, 0.1) is 11.5 Å². The van der Waals surface area contributed by atoms with E-state index in [2.05, 4.69) is 25.9 Å². The van der Waals surface area contributed by atoms with Crippen LogP contribution in [0.25, 0.3) is 0 Å². The molecule has 2 aliphatic rings. The number of hydrogen-bond acceptors (Lipinski definition) is 6. The van der Waals surface area contributed by atoms with Gasteiger partial charge in [0, 0.05) is 25.0 Å². The highest BCUT2D eigenvalue weighted by atomic mass is 16.5. The van der Waals surface area contributed by atoms with Crippen LogP contribution in [-0.4, -0.2) is 41.1 Å². The quantitative estimate of drug-likeness (QED) is 0.684. The molecule has 4 rings (SSSR count). The predicted octanol–water partition coefficient (Wildman–Crippen LogP) is 1.49. The zero-order valence-electron chi connectivity index (χ0n) is 16.1. The minimum Gasteiger partial charge on any atom is -0.445 e. The van der Waals surface area contributed by atoms with E-state index in [4.69, 9.17) is 4.74 Å². The fraction of sp³-hybridized carbons (Fsp3) is 0.429. The summed E-state index contributed by atoms with van der Waals surface area (Å²) in [6.45, 7) is 1.44. The van der Waals surface area contributed by atoms with E-state index in [-0.39, 0.29) is 24.5 Å². The third kappa shape index (κ3) is 4.71. The molecular weight excluding hydrogens is 370 g/mol. The normalized spacial score (nSPS) is 22.3. The molecule has 152 valence electrons. The average molecular weight is 395 g/mol. The van der Waals surface area contributed by atoms with Crippen LogP contribution in [0.15, 0.2) is 48.8 Å². The first-order chi connectivity index (χ1) is 14.2. The molecule has 0 radical (unpaired) electrons. The molecule has 1 saturated carbocycles. The molecule has 1 aromatic carbocycles. The smallest absolute Gasteiger partial charge is 0.407 e. The van der Waals surface area contributed by atoms with E-state index in [1.165, 1.54) is 0 Å². The zero-order valence-corrected chi connectivity index (χ0v) is 16.1. The highest BCUT2D eigenvalue weighted by molar-refractivity contribution is 5.82. The van der Waals surface area contributed by atoms with Gasteiger partial charge in [-0.2, -0.15) is 0 Å². The lowest BCUT2D eigenvalue weighted by Crippen LogP contribution is -2.56. The molecule has 1 aromatic heterocycles. The van der Waals surface area contributed by atoms with Crippen molar-refractivity contribution in [2.45, 2.75) is 37.5 Å².